The van der Waals surface area contributed by atoms with Gasteiger partial charge in [-0.25, -0.2) is 14.6 Å². The molecule has 0 bridgehead atoms. The zero-order valence-corrected chi connectivity index (χ0v) is 17.7. The van der Waals surface area contributed by atoms with Crippen molar-refractivity contribution in [3.63, 3.8) is 0 Å². The number of methoxy groups -OCH3 is 2. The van der Waals surface area contributed by atoms with Gasteiger partial charge in [0.05, 0.1) is 25.4 Å². The number of anilines is 1. The van der Waals surface area contributed by atoms with E-state index >= 15 is 0 Å². The maximum atomic E-state index is 13.2. The number of para-hydroxylation sites is 2. The number of hydrogen-bond donors (Lipinski definition) is 2. The minimum atomic E-state index is -1.42. The van der Waals surface area contributed by atoms with Crippen LogP contribution in [0.5, 0.6) is 11.6 Å². The average Bonchev–Trinajstić information content (AvgIpc) is 2.84. The van der Waals surface area contributed by atoms with Crippen LogP contribution in [0.3, 0.4) is 0 Å². The topological polar surface area (TPSA) is 120 Å². The molecule has 0 aliphatic rings. The first-order valence-corrected chi connectivity index (χ1v) is 9.81. The summed E-state index contributed by atoms with van der Waals surface area (Å²) in [6.45, 7) is 0. The number of amides is 1. The Morgan fingerprint density at radius 1 is 1.00 bits per heavy atom. The van der Waals surface area contributed by atoms with Gasteiger partial charge in [0.1, 0.15) is 11.3 Å². The number of fused-ring (bicyclic) bond motifs is 1. The summed E-state index contributed by atoms with van der Waals surface area (Å²) in [6.07, 6.45) is 2.60. The molecule has 4 aromatic rings. The van der Waals surface area contributed by atoms with Gasteiger partial charge in [0.15, 0.2) is 0 Å². The molecule has 2 aromatic heterocycles. The van der Waals surface area contributed by atoms with Crippen LogP contribution in [0, 0.1) is 0 Å². The lowest BCUT2D eigenvalue weighted by Crippen LogP contribution is -2.25. The lowest BCUT2D eigenvalue weighted by Gasteiger charge is -2.16. The smallest absolute Gasteiger partial charge is 0.341 e. The molecule has 166 valence electrons. The molecule has 0 fully saturated rings. The zero-order chi connectivity index (χ0) is 23.5. The first-order valence-electron chi connectivity index (χ1n) is 9.81. The Labute approximate surface area is 187 Å². The van der Waals surface area contributed by atoms with Crippen LogP contribution in [-0.4, -0.2) is 40.9 Å². The number of aromatic nitrogens is 2. The highest BCUT2D eigenvalue weighted by atomic mass is 16.5. The molecule has 4 rings (SSSR count). The molecule has 9 nitrogen and oxygen atoms in total. The van der Waals surface area contributed by atoms with Gasteiger partial charge < -0.3 is 19.9 Å². The lowest BCUT2D eigenvalue weighted by atomic mass is 10.0. The molecule has 0 aliphatic heterocycles. The van der Waals surface area contributed by atoms with E-state index in [0.717, 1.165) is 10.8 Å². The van der Waals surface area contributed by atoms with E-state index in [1.807, 2.05) is 0 Å². The number of hydrogen-bond acceptors (Lipinski definition) is 6. The number of carboxylic acid groups (broad SMARTS) is 1. The van der Waals surface area contributed by atoms with Crippen LogP contribution in [0.2, 0.25) is 0 Å². The summed E-state index contributed by atoms with van der Waals surface area (Å²) in [5.74, 6) is -0.551. The highest BCUT2D eigenvalue weighted by Crippen LogP contribution is 2.36. The Morgan fingerprint density at radius 2 is 1.73 bits per heavy atom. The van der Waals surface area contributed by atoms with Crippen molar-refractivity contribution in [2.45, 2.75) is 0 Å². The van der Waals surface area contributed by atoms with Crippen molar-refractivity contribution in [3.05, 3.63) is 82.8 Å². The fourth-order valence-corrected chi connectivity index (χ4v) is 3.50. The van der Waals surface area contributed by atoms with Crippen LogP contribution in [0.15, 0.2) is 71.8 Å². The van der Waals surface area contributed by atoms with Crippen molar-refractivity contribution in [1.82, 2.24) is 9.55 Å². The third-order valence-electron chi connectivity index (χ3n) is 5.09. The number of nitrogens with one attached hydrogen (secondary N) is 1. The van der Waals surface area contributed by atoms with Crippen LogP contribution < -0.4 is 20.2 Å². The third-order valence-corrected chi connectivity index (χ3v) is 5.09. The van der Waals surface area contributed by atoms with Gasteiger partial charge in [-0.05, 0) is 18.2 Å². The molecular weight excluding hydrogens is 426 g/mol. The molecule has 0 saturated heterocycles. The normalized spacial score (nSPS) is 10.6. The van der Waals surface area contributed by atoms with E-state index in [4.69, 9.17) is 9.47 Å². The zero-order valence-electron chi connectivity index (χ0n) is 17.7. The molecule has 1 amide bonds. The predicted octanol–water partition coefficient (Wildman–Crippen LogP) is 3.86. The van der Waals surface area contributed by atoms with E-state index in [0.29, 0.717) is 28.4 Å². The number of carbonyl (C=O) groups excluding carboxylic acids is 1. The van der Waals surface area contributed by atoms with E-state index in [1.54, 1.807) is 54.7 Å². The molecule has 2 heterocycles. The summed E-state index contributed by atoms with van der Waals surface area (Å²) in [7, 11) is 3.01. The van der Waals surface area contributed by atoms with Crippen molar-refractivity contribution in [3.8, 4) is 22.8 Å². The SMILES string of the molecule is COc1cc(OC)c(-c2ccccc2NC(=O)n2cc(C(=O)O)c(=O)c3ccccc32)cn1. The number of benzene rings is 2. The number of pyridine rings is 2. The van der Waals surface area contributed by atoms with Gasteiger partial charge in [0.2, 0.25) is 11.3 Å². The largest absolute Gasteiger partial charge is 0.496 e. The summed E-state index contributed by atoms with van der Waals surface area (Å²) in [5.41, 5.74) is 0.806. The second-order valence-electron chi connectivity index (χ2n) is 6.97. The molecule has 0 radical (unpaired) electrons. The number of carboxylic acids is 1. The highest BCUT2D eigenvalue weighted by Gasteiger charge is 2.19. The molecule has 0 unspecified atom stereocenters. The molecule has 9 heteroatoms. The summed E-state index contributed by atoms with van der Waals surface area (Å²) >= 11 is 0. The van der Waals surface area contributed by atoms with E-state index in [-0.39, 0.29) is 10.9 Å². The van der Waals surface area contributed by atoms with Crippen molar-refractivity contribution in [2.75, 3.05) is 19.5 Å². The Hall–Kier alpha value is -4.66. The molecule has 2 aromatic carbocycles. The number of aromatic carboxylic acids is 1. The molecule has 2 N–H and O–H groups in total. The Balaban J connectivity index is 1.81. The summed E-state index contributed by atoms with van der Waals surface area (Å²) in [5, 5.41) is 12.4. The van der Waals surface area contributed by atoms with Gasteiger partial charge in [0.25, 0.3) is 0 Å². The molecule has 33 heavy (non-hydrogen) atoms. The Morgan fingerprint density at radius 3 is 2.45 bits per heavy atom. The summed E-state index contributed by atoms with van der Waals surface area (Å²) in [6, 6.07) is 14.3. The monoisotopic (exact) mass is 445 g/mol. The number of ether oxygens (including phenoxy) is 2. The first kappa shape index (κ1) is 21.6. The van der Waals surface area contributed by atoms with Gasteiger partial charge >= 0.3 is 12.0 Å². The lowest BCUT2D eigenvalue weighted by molar-refractivity contribution is 0.0695. The van der Waals surface area contributed by atoms with Crippen molar-refractivity contribution in [1.29, 1.82) is 0 Å². The van der Waals surface area contributed by atoms with Gasteiger partial charge in [-0.15, -0.1) is 0 Å². The average molecular weight is 445 g/mol. The fourth-order valence-electron chi connectivity index (χ4n) is 3.50. The molecule has 0 spiro atoms. The van der Waals surface area contributed by atoms with Crippen LogP contribution in [-0.2, 0) is 0 Å². The van der Waals surface area contributed by atoms with Crippen molar-refractivity contribution < 1.29 is 24.2 Å². The second kappa shape index (κ2) is 8.83. The van der Waals surface area contributed by atoms with Gasteiger partial charge in [-0.1, -0.05) is 30.3 Å². The highest BCUT2D eigenvalue weighted by molar-refractivity contribution is 6.02. The summed E-state index contributed by atoms with van der Waals surface area (Å²) < 4.78 is 11.7. The predicted molar refractivity (Wildman–Crippen MR) is 122 cm³/mol. The number of rotatable bonds is 5. The van der Waals surface area contributed by atoms with Gasteiger partial charge in [0, 0.05) is 35.0 Å². The van der Waals surface area contributed by atoms with E-state index in [2.05, 4.69) is 10.3 Å². The maximum Gasteiger partial charge on any atom is 0.341 e. The Bertz CT molecular complexity index is 1440. The second-order valence-corrected chi connectivity index (χ2v) is 6.97. The first-order chi connectivity index (χ1) is 15.9. The summed E-state index contributed by atoms with van der Waals surface area (Å²) in [4.78, 5) is 41.6. The van der Waals surface area contributed by atoms with E-state index in [1.165, 1.54) is 20.3 Å². The molecule has 0 aliphatic carbocycles. The molecule has 0 atom stereocenters. The number of carbonyl (C=O) groups is 2. The van der Waals surface area contributed by atoms with Crippen LogP contribution in [0.1, 0.15) is 10.4 Å². The van der Waals surface area contributed by atoms with E-state index in [9.17, 15) is 19.5 Å². The minimum absolute atomic E-state index is 0.127. The quantitative estimate of drug-likeness (QED) is 0.479. The Kier molecular flexibility index (Phi) is 5.77. The van der Waals surface area contributed by atoms with Crippen LogP contribution in [0.4, 0.5) is 10.5 Å². The molecule has 0 saturated carbocycles. The fraction of sp³-hybridized carbons (Fsp3) is 0.0833. The number of nitrogens with zero attached hydrogens (tertiary/aromatic N) is 2. The van der Waals surface area contributed by atoms with Crippen molar-refractivity contribution >= 4 is 28.6 Å². The minimum Gasteiger partial charge on any atom is -0.496 e. The van der Waals surface area contributed by atoms with E-state index < -0.39 is 23.0 Å². The third kappa shape index (κ3) is 3.99. The molecular formula is C24H19N3O6. The maximum absolute atomic E-state index is 13.2. The van der Waals surface area contributed by atoms with Crippen LogP contribution in [0.25, 0.3) is 22.0 Å². The van der Waals surface area contributed by atoms with Crippen LogP contribution >= 0.6 is 0 Å². The van der Waals surface area contributed by atoms with Gasteiger partial charge in [-0.3, -0.25) is 9.36 Å². The standard InChI is InChI=1S/C24H19N3O6/c1-32-20-11-21(33-2)25-12-16(20)14-7-3-5-9-18(14)26-24(31)27-13-17(23(29)30)22(28)15-8-4-6-10-19(15)27/h3-13H,1-2H3,(H,26,31)(H,29,30). The van der Waals surface area contributed by atoms with Gasteiger partial charge in [-0.2, -0.15) is 0 Å². The van der Waals surface area contributed by atoms with Crippen molar-refractivity contribution in [2.24, 2.45) is 0 Å².